The molecule has 0 aliphatic heterocycles. The van der Waals surface area contributed by atoms with E-state index in [9.17, 15) is 0 Å². The van der Waals surface area contributed by atoms with Crippen molar-refractivity contribution in [2.45, 2.75) is 110 Å². The van der Waals surface area contributed by atoms with Gasteiger partial charge in [-0.15, -0.1) is 0 Å². The molecule has 125 valence electrons. The first-order valence-corrected chi connectivity index (χ1v) is 9.35. The first-order valence-electron chi connectivity index (χ1n) is 9.35. The van der Waals surface area contributed by atoms with E-state index in [0.717, 1.165) is 6.04 Å². The minimum Gasteiger partial charge on any atom is -0.307 e. The van der Waals surface area contributed by atoms with Gasteiger partial charge in [0, 0.05) is 14.5 Å². The van der Waals surface area contributed by atoms with E-state index in [0.29, 0.717) is 0 Å². The Morgan fingerprint density at radius 3 is 1.29 bits per heavy atom. The van der Waals surface area contributed by atoms with Gasteiger partial charge in [0.1, 0.15) is 0 Å². The number of rotatable bonds is 15. The van der Waals surface area contributed by atoms with Gasteiger partial charge in [-0.1, -0.05) is 90.4 Å². The van der Waals surface area contributed by atoms with Crippen LogP contribution in [0.3, 0.4) is 0 Å². The topological polar surface area (TPSA) is 3.24 Å². The zero-order chi connectivity index (χ0) is 15.1. The highest BCUT2D eigenvalue weighted by Crippen LogP contribution is 2.13. The maximum Gasteiger partial charge on any atom is 0.00608 e. The van der Waals surface area contributed by atoms with Crippen LogP contribution in [0.25, 0.3) is 0 Å². The summed E-state index contributed by atoms with van der Waals surface area (Å²) < 4.78 is 0. The largest absolute Gasteiger partial charge is 0.307 e. The summed E-state index contributed by atoms with van der Waals surface area (Å²) in [4.78, 5) is 2.33. The molecule has 0 fully saturated rings. The van der Waals surface area contributed by atoms with Crippen molar-refractivity contribution in [1.29, 1.82) is 0 Å². The molecule has 0 aliphatic rings. The second-order valence-corrected chi connectivity index (χ2v) is 6.84. The fraction of sp³-hybridized carbons (Fsp3) is 1.00. The van der Waals surface area contributed by atoms with Crippen LogP contribution >= 0.6 is 0 Å². The van der Waals surface area contributed by atoms with Gasteiger partial charge in [0.25, 0.3) is 0 Å². The van der Waals surface area contributed by atoms with Gasteiger partial charge in [0.05, 0.1) is 0 Å². The van der Waals surface area contributed by atoms with Gasteiger partial charge in [0.2, 0.25) is 0 Å². The van der Waals surface area contributed by atoms with E-state index in [4.69, 9.17) is 0 Å². The van der Waals surface area contributed by atoms with Gasteiger partial charge in [-0.3, -0.25) is 0 Å². The van der Waals surface area contributed by atoms with Gasteiger partial charge in [-0.05, 0) is 27.4 Å². The molecule has 0 rings (SSSR count). The Kier molecular flexibility index (Phi) is 20.0. The Balaban J connectivity index is 0. The maximum atomic E-state index is 2.33. The van der Waals surface area contributed by atoms with Crippen LogP contribution in [0.15, 0.2) is 0 Å². The summed E-state index contributed by atoms with van der Waals surface area (Å²) in [6, 6.07) is 0.753. The number of hydrogen-bond donors (Lipinski definition) is 0. The van der Waals surface area contributed by atoms with Gasteiger partial charge in [0.15, 0.2) is 0 Å². The quantitative estimate of drug-likeness (QED) is 0.263. The molecule has 1 atom stereocenters. The zero-order valence-corrected chi connectivity index (χ0v) is 15.5. The van der Waals surface area contributed by atoms with Crippen LogP contribution in [0.4, 0.5) is 0 Å². The third-order valence-corrected chi connectivity index (χ3v) is 4.61. The van der Waals surface area contributed by atoms with Crippen molar-refractivity contribution in [3.05, 3.63) is 0 Å². The van der Waals surface area contributed by atoms with Gasteiger partial charge in [-0.2, -0.15) is 0 Å². The predicted octanol–water partition coefficient (Wildman–Crippen LogP) is 6.04. The van der Waals surface area contributed by atoms with Crippen LogP contribution in [-0.4, -0.2) is 33.5 Å². The molecule has 3 radical (unpaired) electrons. The van der Waals surface area contributed by atoms with Crippen LogP contribution < -0.4 is 0 Å². The lowest BCUT2D eigenvalue weighted by molar-refractivity contribution is 0.291. The lowest BCUT2D eigenvalue weighted by Gasteiger charge is -2.19. The molecule has 1 unspecified atom stereocenters. The third kappa shape index (κ3) is 18.0. The fourth-order valence-corrected chi connectivity index (χ4v) is 2.72. The Hall–Kier alpha value is 0.0249. The lowest BCUT2D eigenvalue weighted by atomic mass is 10.0. The lowest BCUT2D eigenvalue weighted by Crippen LogP contribution is -2.24. The molecule has 1 nitrogen and oxygen atoms in total. The molecule has 0 aromatic rings. The van der Waals surface area contributed by atoms with Gasteiger partial charge >= 0.3 is 0 Å². The van der Waals surface area contributed by atoms with Crippen molar-refractivity contribution in [2.75, 3.05) is 14.1 Å². The van der Waals surface area contributed by atoms with E-state index in [-0.39, 0.29) is 8.41 Å². The van der Waals surface area contributed by atoms with Crippen LogP contribution in [0.5, 0.6) is 0 Å². The molecule has 0 amide bonds. The third-order valence-electron chi connectivity index (χ3n) is 4.61. The molecule has 0 aliphatic carbocycles. The molecule has 0 aromatic heterocycles. The summed E-state index contributed by atoms with van der Waals surface area (Å²) in [6.07, 6.45) is 20.2. The Morgan fingerprint density at radius 1 is 0.619 bits per heavy atom. The summed E-state index contributed by atoms with van der Waals surface area (Å²) in [7, 11) is 4.37. The Morgan fingerprint density at radius 2 is 0.952 bits per heavy atom. The van der Waals surface area contributed by atoms with Crippen LogP contribution in [0.1, 0.15) is 104 Å². The van der Waals surface area contributed by atoms with Gasteiger partial charge < -0.3 is 4.90 Å². The average Bonchev–Trinajstić information content (AvgIpc) is 2.43. The van der Waals surface area contributed by atoms with E-state index in [1.807, 2.05) is 0 Å². The number of unbranched alkanes of at least 4 members (excludes halogenated alkanes) is 12. The average molecular weight is 294 g/mol. The molecular formula is C19H41BN. The normalized spacial score (nSPS) is 12.4. The van der Waals surface area contributed by atoms with Crippen LogP contribution in [-0.2, 0) is 0 Å². The van der Waals surface area contributed by atoms with E-state index in [1.165, 1.54) is 89.9 Å². The highest BCUT2D eigenvalue weighted by molar-refractivity contribution is 5.75. The molecule has 0 saturated carbocycles. The van der Waals surface area contributed by atoms with E-state index in [2.05, 4.69) is 32.8 Å². The molecule has 0 aromatic carbocycles. The summed E-state index contributed by atoms with van der Waals surface area (Å²) in [5, 5.41) is 0. The minimum atomic E-state index is 0. The molecular weight excluding hydrogens is 253 g/mol. The van der Waals surface area contributed by atoms with Crippen molar-refractivity contribution < 1.29 is 0 Å². The summed E-state index contributed by atoms with van der Waals surface area (Å²) >= 11 is 0. The van der Waals surface area contributed by atoms with Crippen LogP contribution in [0, 0.1) is 0 Å². The molecule has 0 spiro atoms. The first kappa shape index (κ1) is 23.3. The van der Waals surface area contributed by atoms with Crippen molar-refractivity contribution in [2.24, 2.45) is 0 Å². The molecule has 0 bridgehead atoms. The molecule has 2 heteroatoms. The second-order valence-electron chi connectivity index (χ2n) is 6.84. The Labute approximate surface area is 137 Å². The Bertz CT molecular complexity index is 182. The van der Waals surface area contributed by atoms with Gasteiger partial charge in [-0.25, -0.2) is 0 Å². The fourth-order valence-electron chi connectivity index (χ4n) is 2.72. The molecule has 0 saturated heterocycles. The van der Waals surface area contributed by atoms with Crippen LogP contribution in [0.2, 0.25) is 0 Å². The predicted molar refractivity (Wildman–Crippen MR) is 99.2 cm³/mol. The van der Waals surface area contributed by atoms with E-state index < -0.39 is 0 Å². The number of hydrogen-bond acceptors (Lipinski definition) is 1. The van der Waals surface area contributed by atoms with E-state index in [1.54, 1.807) is 0 Å². The standard InChI is InChI=1S/C19H41N.B/c1-5-6-7-8-9-10-11-12-13-14-15-16-17-18-19(2)20(3)4;/h19H,5-18H2,1-4H3;. The highest BCUT2D eigenvalue weighted by atomic mass is 15.1. The highest BCUT2D eigenvalue weighted by Gasteiger charge is 2.02. The summed E-state index contributed by atoms with van der Waals surface area (Å²) in [5.41, 5.74) is 0. The molecule has 0 N–H and O–H groups in total. The minimum absolute atomic E-state index is 0. The van der Waals surface area contributed by atoms with Crippen molar-refractivity contribution >= 4 is 8.41 Å². The SMILES string of the molecule is CCCCCCCCCCCCCCCC(C)N(C)C.[B]. The second kappa shape index (κ2) is 18.1. The van der Waals surface area contributed by atoms with Crippen molar-refractivity contribution in [1.82, 2.24) is 4.90 Å². The first-order chi connectivity index (χ1) is 9.68. The van der Waals surface area contributed by atoms with Crippen molar-refractivity contribution in [3.8, 4) is 0 Å². The maximum absolute atomic E-state index is 2.33. The van der Waals surface area contributed by atoms with Crippen molar-refractivity contribution in [3.63, 3.8) is 0 Å². The number of nitrogens with zero attached hydrogens (tertiary/aromatic N) is 1. The molecule has 0 heterocycles. The van der Waals surface area contributed by atoms with E-state index >= 15 is 0 Å². The zero-order valence-electron chi connectivity index (χ0n) is 15.5. The smallest absolute Gasteiger partial charge is 0.00608 e. The monoisotopic (exact) mass is 294 g/mol. The summed E-state index contributed by atoms with van der Waals surface area (Å²) in [6.45, 7) is 4.63. The molecule has 21 heavy (non-hydrogen) atoms. The summed E-state index contributed by atoms with van der Waals surface area (Å²) in [5.74, 6) is 0.